The summed E-state index contributed by atoms with van der Waals surface area (Å²) in [6.07, 6.45) is 3.15. The van der Waals surface area contributed by atoms with Gasteiger partial charge in [0.25, 0.3) is 0 Å². The van der Waals surface area contributed by atoms with Crippen LogP contribution in [0.5, 0.6) is 0 Å². The Kier molecular flexibility index (Phi) is 3.69. The fourth-order valence-electron chi connectivity index (χ4n) is 1.96. The molecular weight excluding hydrogens is 263 g/mol. The first kappa shape index (κ1) is 12.4. The van der Waals surface area contributed by atoms with Crippen molar-refractivity contribution in [3.63, 3.8) is 0 Å². The van der Waals surface area contributed by atoms with Crippen molar-refractivity contribution in [2.45, 2.75) is 12.8 Å². The van der Waals surface area contributed by atoms with Gasteiger partial charge in [0.1, 0.15) is 5.02 Å². The van der Waals surface area contributed by atoms with Crippen LogP contribution in [-0.2, 0) is 4.79 Å². The average Bonchev–Trinajstić information content (AvgIpc) is 2.32. The highest BCUT2D eigenvalue weighted by atomic mass is 35.5. The first-order valence-corrected chi connectivity index (χ1v) is 6.06. The molecule has 0 bridgehead atoms. The summed E-state index contributed by atoms with van der Waals surface area (Å²) in [6.45, 7) is 1.32. The van der Waals surface area contributed by atoms with Gasteiger partial charge in [0.2, 0.25) is 11.2 Å². The van der Waals surface area contributed by atoms with Gasteiger partial charge in [-0.05, 0) is 24.4 Å². The van der Waals surface area contributed by atoms with E-state index in [1.165, 1.54) is 6.20 Å². The lowest BCUT2D eigenvalue weighted by Gasteiger charge is -2.32. The van der Waals surface area contributed by atoms with Crippen LogP contribution in [0.1, 0.15) is 12.8 Å². The molecule has 0 aromatic carbocycles. The van der Waals surface area contributed by atoms with Crippen LogP contribution in [0.3, 0.4) is 0 Å². The number of piperidine rings is 1. The number of nitrogens with zero attached hydrogens (tertiary/aromatic N) is 3. The van der Waals surface area contributed by atoms with Gasteiger partial charge in [0.15, 0.2) is 5.82 Å². The second-order valence-electron chi connectivity index (χ2n) is 4.00. The van der Waals surface area contributed by atoms with E-state index in [9.17, 15) is 4.79 Å². The molecule has 17 heavy (non-hydrogen) atoms. The molecule has 2 heterocycles. The topological polar surface area (TPSA) is 72.1 Å². The summed E-state index contributed by atoms with van der Waals surface area (Å²) in [4.78, 5) is 21.0. The van der Waals surface area contributed by atoms with Gasteiger partial charge in [0, 0.05) is 13.1 Å². The van der Waals surface area contributed by atoms with E-state index < -0.39 is 0 Å². The fraction of sp³-hybridized carbons (Fsp3) is 0.500. The number of hydrogen-bond acceptors (Lipinski definition) is 4. The SMILES string of the molecule is NC(=O)C1CCCN(c2nc(Cl)ncc2Cl)C1. The summed E-state index contributed by atoms with van der Waals surface area (Å²) in [7, 11) is 0. The Bertz CT molecular complexity index is 440. The smallest absolute Gasteiger partial charge is 0.224 e. The zero-order valence-corrected chi connectivity index (χ0v) is 10.6. The van der Waals surface area contributed by atoms with Gasteiger partial charge < -0.3 is 10.6 Å². The number of amides is 1. The number of nitrogens with two attached hydrogens (primary N) is 1. The Morgan fingerprint density at radius 3 is 3.00 bits per heavy atom. The van der Waals surface area contributed by atoms with Crippen LogP contribution in [-0.4, -0.2) is 29.0 Å². The first-order chi connectivity index (χ1) is 8.08. The summed E-state index contributed by atoms with van der Waals surface area (Å²) in [5, 5.41) is 0.574. The van der Waals surface area contributed by atoms with Crippen molar-refractivity contribution < 1.29 is 4.79 Å². The zero-order chi connectivity index (χ0) is 12.4. The molecule has 0 aliphatic carbocycles. The minimum Gasteiger partial charge on any atom is -0.369 e. The largest absolute Gasteiger partial charge is 0.369 e. The number of aromatic nitrogens is 2. The molecule has 1 saturated heterocycles. The van der Waals surface area contributed by atoms with Gasteiger partial charge in [-0.25, -0.2) is 4.98 Å². The van der Waals surface area contributed by atoms with E-state index in [1.807, 2.05) is 4.90 Å². The van der Waals surface area contributed by atoms with E-state index in [-0.39, 0.29) is 17.1 Å². The van der Waals surface area contributed by atoms with E-state index in [0.29, 0.717) is 17.4 Å². The third kappa shape index (κ3) is 2.79. The third-order valence-corrected chi connectivity index (χ3v) is 3.27. The number of primary amides is 1. The van der Waals surface area contributed by atoms with E-state index in [4.69, 9.17) is 28.9 Å². The Labute approximate surface area is 109 Å². The highest BCUT2D eigenvalue weighted by Gasteiger charge is 2.26. The van der Waals surface area contributed by atoms with Crippen molar-refractivity contribution in [2.24, 2.45) is 11.7 Å². The highest BCUT2D eigenvalue weighted by molar-refractivity contribution is 6.33. The second-order valence-corrected chi connectivity index (χ2v) is 4.74. The average molecular weight is 275 g/mol. The molecule has 2 rings (SSSR count). The van der Waals surface area contributed by atoms with Crippen LogP contribution < -0.4 is 10.6 Å². The number of anilines is 1. The van der Waals surface area contributed by atoms with Gasteiger partial charge in [-0.1, -0.05) is 11.6 Å². The van der Waals surface area contributed by atoms with Crippen LogP contribution in [0.2, 0.25) is 10.3 Å². The summed E-state index contributed by atoms with van der Waals surface area (Å²) >= 11 is 11.8. The summed E-state index contributed by atoms with van der Waals surface area (Å²) in [5.74, 6) is 0.122. The Morgan fingerprint density at radius 2 is 2.29 bits per heavy atom. The third-order valence-electron chi connectivity index (χ3n) is 2.82. The molecule has 0 spiro atoms. The van der Waals surface area contributed by atoms with Crippen molar-refractivity contribution in [3.05, 3.63) is 16.5 Å². The molecule has 1 aromatic heterocycles. The zero-order valence-electron chi connectivity index (χ0n) is 9.07. The van der Waals surface area contributed by atoms with Crippen molar-refractivity contribution in [3.8, 4) is 0 Å². The van der Waals surface area contributed by atoms with Gasteiger partial charge in [-0.15, -0.1) is 0 Å². The van der Waals surface area contributed by atoms with Gasteiger partial charge in [0.05, 0.1) is 12.1 Å². The number of rotatable bonds is 2. The summed E-state index contributed by atoms with van der Waals surface area (Å²) in [5.41, 5.74) is 5.32. The molecule has 1 amide bonds. The number of hydrogen-bond donors (Lipinski definition) is 1. The predicted octanol–water partition coefficient (Wildman–Crippen LogP) is 1.49. The van der Waals surface area contributed by atoms with E-state index in [0.717, 1.165) is 19.4 Å². The standard InChI is InChI=1S/C10H12Cl2N4O/c11-7-4-14-10(12)15-9(7)16-3-1-2-6(5-16)8(13)17/h4,6H,1-3,5H2,(H2,13,17). The van der Waals surface area contributed by atoms with Crippen LogP contribution in [0.25, 0.3) is 0 Å². The van der Waals surface area contributed by atoms with Crippen LogP contribution in [0, 0.1) is 5.92 Å². The fourth-order valence-corrected chi connectivity index (χ4v) is 2.30. The first-order valence-electron chi connectivity index (χ1n) is 5.30. The lowest BCUT2D eigenvalue weighted by Crippen LogP contribution is -2.41. The summed E-state index contributed by atoms with van der Waals surface area (Å²) in [6, 6.07) is 0. The van der Waals surface area contributed by atoms with Crippen molar-refractivity contribution >= 4 is 34.9 Å². The van der Waals surface area contributed by atoms with Crippen LogP contribution in [0.4, 0.5) is 5.82 Å². The van der Waals surface area contributed by atoms with Gasteiger partial charge in [-0.2, -0.15) is 4.98 Å². The number of halogens is 2. The molecule has 5 nitrogen and oxygen atoms in total. The Hall–Kier alpha value is -1.07. The summed E-state index contributed by atoms with van der Waals surface area (Å²) < 4.78 is 0. The molecule has 1 aliphatic rings. The maximum Gasteiger partial charge on any atom is 0.224 e. The molecule has 1 atom stereocenters. The Balaban J connectivity index is 2.21. The molecule has 1 aliphatic heterocycles. The van der Waals surface area contributed by atoms with Gasteiger partial charge >= 0.3 is 0 Å². The molecule has 0 radical (unpaired) electrons. The van der Waals surface area contributed by atoms with Crippen molar-refractivity contribution in [2.75, 3.05) is 18.0 Å². The molecule has 1 unspecified atom stereocenters. The maximum absolute atomic E-state index is 11.2. The van der Waals surface area contributed by atoms with Crippen molar-refractivity contribution in [1.29, 1.82) is 0 Å². The van der Waals surface area contributed by atoms with Crippen molar-refractivity contribution in [1.82, 2.24) is 9.97 Å². The molecule has 92 valence electrons. The lowest BCUT2D eigenvalue weighted by atomic mass is 9.97. The lowest BCUT2D eigenvalue weighted by molar-refractivity contribution is -0.122. The maximum atomic E-state index is 11.2. The molecular formula is C10H12Cl2N4O. The highest BCUT2D eigenvalue weighted by Crippen LogP contribution is 2.28. The second kappa shape index (κ2) is 5.06. The van der Waals surface area contributed by atoms with Crippen LogP contribution >= 0.6 is 23.2 Å². The van der Waals surface area contributed by atoms with Crippen LogP contribution in [0.15, 0.2) is 6.20 Å². The minimum atomic E-state index is -0.286. The molecule has 1 aromatic rings. The monoisotopic (exact) mass is 274 g/mol. The van der Waals surface area contributed by atoms with E-state index >= 15 is 0 Å². The van der Waals surface area contributed by atoms with Gasteiger partial charge in [-0.3, -0.25) is 4.79 Å². The normalized spacial score (nSPS) is 20.4. The molecule has 7 heteroatoms. The molecule has 1 fully saturated rings. The number of carbonyl (C=O) groups is 1. The number of carbonyl (C=O) groups excluding carboxylic acids is 1. The van der Waals surface area contributed by atoms with E-state index in [2.05, 4.69) is 9.97 Å². The predicted molar refractivity (Wildman–Crippen MR) is 66.2 cm³/mol. The molecule has 0 saturated carbocycles. The Morgan fingerprint density at radius 1 is 1.53 bits per heavy atom. The molecule has 2 N–H and O–H groups in total. The quantitative estimate of drug-likeness (QED) is 0.830. The van der Waals surface area contributed by atoms with E-state index in [1.54, 1.807) is 0 Å². The minimum absolute atomic E-state index is 0.144.